The van der Waals surface area contributed by atoms with E-state index in [1.165, 1.54) is 6.07 Å². The molecule has 0 spiro atoms. The number of likely N-dealkylation sites (N-methyl/N-ethyl adjacent to an activating group) is 1. The molecule has 1 aromatic carbocycles. The van der Waals surface area contributed by atoms with E-state index >= 15 is 0 Å². The van der Waals surface area contributed by atoms with Gasteiger partial charge in [-0.05, 0) is 11.6 Å². The third-order valence-electron chi connectivity index (χ3n) is 2.90. The van der Waals surface area contributed by atoms with E-state index in [-0.39, 0.29) is 18.1 Å². The molecule has 19 heavy (non-hydrogen) atoms. The van der Waals surface area contributed by atoms with E-state index in [9.17, 15) is 9.18 Å². The fourth-order valence-electron chi connectivity index (χ4n) is 1.86. The second-order valence-electron chi connectivity index (χ2n) is 4.54. The Morgan fingerprint density at radius 3 is 2.79 bits per heavy atom. The van der Waals surface area contributed by atoms with Gasteiger partial charge in [0.1, 0.15) is 5.82 Å². The first-order valence-corrected chi connectivity index (χ1v) is 6.01. The Labute approximate surface area is 111 Å². The molecule has 0 aliphatic heterocycles. The van der Waals surface area contributed by atoms with E-state index in [0.29, 0.717) is 12.1 Å². The van der Waals surface area contributed by atoms with Crippen LogP contribution < -0.4 is 0 Å². The molecule has 4 nitrogen and oxygen atoms in total. The van der Waals surface area contributed by atoms with Gasteiger partial charge < -0.3 is 4.90 Å². The number of aromatic nitrogens is 2. The maximum Gasteiger partial charge on any atom is 0.227 e. The lowest BCUT2D eigenvalue weighted by Gasteiger charge is -2.16. The highest BCUT2D eigenvalue weighted by Gasteiger charge is 2.13. The quantitative estimate of drug-likeness (QED) is 0.841. The first-order chi connectivity index (χ1) is 9.06. The minimum absolute atomic E-state index is 0.0729. The van der Waals surface area contributed by atoms with Gasteiger partial charge in [0.25, 0.3) is 0 Å². The summed E-state index contributed by atoms with van der Waals surface area (Å²) in [6.45, 7) is 0.473. The molecule has 1 amide bonds. The molecule has 0 fully saturated rings. The molecule has 0 saturated carbocycles. The number of rotatable bonds is 4. The van der Waals surface area contributed by atoms with Gasteiger partial charge in [0, 0.05) is 32.4 Å². The summed E-state index contributed by atoms with van der Waals surface area (Å²) in [5.74, 6) is -0.459. The van der Waals surface area contributed by atoms with Crippen LogP contribution in [0.3, 0.4) is 0 Å². The number of hydrogen-bond acceptors (Lipinski definition) is 2. The summed E-state index contributed by atoms with van der Waals surface area (Å²) in [4.78, 5) is 13.6. The van der Waals surface area contributed by atoms with Gasteiger partial charge in [-0.1, -0.05) is 18.2 Å². The number of carbonyl (C=O) groups is 1. The number of carbonyl (C=O) groups excluding carboxylic acids is 1. The van der Waals surface area contributed by atoms with Crippen molar-refractivity contribution in [2.75, 3.05) is 7.05 Å². The monoisotopic (exact) mass is 261 g/mol. The average Bonchev–Trinajstić information content (AvgIpc) is 2.77. The summed E-state index contributed by atoms with van der Waals surface area (Å²) in [7, 11) is 3.53. The molecular formula is C14H16FN3O. The minimum atomic E-state index is -0.342. The largest absolute Gasteiger partial charge is 0.341 e. The maximum atomic E-state index is 13.5. The molecular weight excluding hydrogens is 245 g/mol. The standard InChI is InChI=1S/C14H16FN3O/c1-17(9-11-8-16-18(2)10-11)14(19)7-12-5-3-4-6-13(12)15/h3-6,8,10H,7,9H2,1-2H3. The van der Waals surface area contributed by atoms with Crippen LogP contribution in [-0.2, 0) is 24.8 Å². The van der Waals surface area contributed by atoms with Crippen LogP contribution in [0.15, 0.2) is 36.7 Å². The lowest BCUT2D eigenvalue weighted by Crippen LogP contribution is -2.27. The number of halogens is 1. The molecule has 0 aliphatic rings. The fraction of sp³-hybridized carbons (Fsp3) is 0.286. The lowest BCUT2D eigenvalue weighted by atomic mass is 10.1. The van der Waals surface area contributed by atoms with Crippen molar-refractivity contribution in [2.24, 2.45) is 7.05 Å². The summed E-state index contributed by atoms with van der Waals surface area (Å²) in [5.41, 5.74) is 1.37. The van der Waals surface area contributed by atoms with E-state index in [4.69, 9.17) is 0 Å². The van der Waals surface area contributed by atoms with E-state index < -0.39 is 0 Å². The normalized spacial score (nSPS) is 10.5. The first-order valence-electron chi connectivity index (χ1n) is 6.01. The van der Waals surface area contributed by atoms with Crippen molar-refractivity contribution in [1.82, 2.24) is 14.7 Å². The van der Waals surface area contributed by atoms with Crippen LogP contribution in [0.5, 0.6) is 0 Å². The van der Waals surface area contributed by atoms with Crippen LogP contribution in [0.25, 0.3) is 0 Å². The highest BCUT2D eigenvalue weighted by Crippen LogP contribution is 2.09. The average molecular weight is 261 g/mol. The van der Waals surface area contributed by atoms with Crippen molar-refractivity contribution < 1.29 is 9.18 Å². The van der Waals surface area contributed by atoms with Crippen LogP contribution in [-0.4, -0.2) is 27.6 Å². The van der Waals surface area contributed by atoms with Gasteiger partial charge in [-0.15, -0.1) is 0 Å². The molecule has 2 aromatic rings. The highest BCUT2D eigenvalue weighted by molar-refractivity contribution is 5.78. The van der Waals surface area contributed by atoms with Gasteiger partial charge >= 0.3 is 0 Å². The van der Waals surface area contributed by atoms with E-state index in [1.807, 2.05) is 13.2 Å². The van der Waals surface area contributed by atoms with Crippen molar-refractivity contribution in [1.29, 1.82) is 0 Å². The highest BCUT2D eigenvalue weighted by atomic mass is 19.1. The molecule has 0 radical (unpaired) electrons. The van der Waals surface area contributed by atoms with Crippen LogP contribution in [0.1, 0.15) is 11.1 Å². The van der Waals surface area contributed by atoms with Crippen molar-refractivity contribution in [3.63, 3.8) is 0 Å². The molecule has 0 unspecified atom stereocenters. The zero-order valence-corrected chi connectivity index (χ0v) is 11.0. The van der Waals surface area contributed by atoms with Crippen molar-refractivity contribution >= 4 is 5.91 Å². The van der Waals surface area contributed by atoms with Crippen LogP contribution in [0, 0.1) is 5.82 Å². The molecule has 0 N–H and O–H groups in total. The summed E-state index contributed by atoms with van der Waals surface area (Å²) >= 11 is 0. The van der Waals surface area contributed by atoms with Crippen LogP contribution in [0.2, 0.25) is 0 Å². The summed E-state index contributed by atoms with van der Waals surface area (Å²) in [6, 6.07) is 6.34. The Balaban J connectivity index is 1.98. The summed E-state index contributed by atoms with van der Waals surface area (Å²) in [5, 5.41) is 4.05. The van der Waals surface area contributed by atoms with Crippen molar-refractivity contribution in [2.45, 2.75) is 13.0 Å². The van der Waals surface area contributed by atoms with Gasteiger partial charge in [0.15, 0.2) is 0 Å². The SMILES string of the molecule is CN(Cc1cnn(C)c1)C(=O)Cc1ccccc1F. The number of aryl methyl sites for hydroxylation is 1. The minimum Gasteiger partial charge on any atom is -0.341 e. The fourth-order valence-corrected chi connectivity index (χ4v) is 1.86. The lowest BCUT2D eigenvalue weighted by molar-refractivity contribution is -0.129. The molecule has 1 heterocycles. The topological polar surface area (TPSA) is 38.1 Å². The summed E-state index contributed by atoms with van der Waals surface area (Å²) < 4.78 is 15.1. The van der Waals surface area contributed by atoms with Gasteiger partial charge in [-0.3, -0.25) is 9.48 Å². The van der Waals surface area contributed by atoms with Crippen molar-refractivity contribution in [3.05, 3.63) is 53.6 Å². The van der Waals surface area contributed by atoms with Crippen molar-refractivity contribution in [3.8, 4) is 0 Å². The number of nitrogens with zero attached hydrogens (tertiary/aromatic N) is 3. The predicted molar refractivity (Wildman–Crippen MR) is 69.8 cm³/mol. The third-order valence-corrected chi connectivity index (χ3v) is 2.90. The second kappa shape index (κ2) is 5.65. The number of amides is 1. The van der Waals surface area contributed by atoms with E-state index in [2.05, 4.69) is 5.10 Å². The molecule has 0 saturated heterocycles. The number of hydrogen-bond donors (Lipinski definition) is 0. The first kappa shape index (κ1) is 13.3. The third kappa shape index (κ3) is 3.40. The Hall–Kier alpha value is -2.17. The molecule has 2 rings (SSSR count). The van der Waals surface area contributed by atoms with Gasteiger partial charge in [0.2, 0.25) is 5.91 Å². The van der Waals surface area contributed by atoms with E-state index in [0.717, 1.165) is 5.56 Å². The Morgan fingerprint density at radius 1 is 1.42 bits per heavy atom. The molecule has 0 aliphatic carbocycles. The molecule has 1 aromatic heterocycles. The second-order valence-corrected chi connectivity index (χ2v) is 4.54. The molecule has 100 valence electrons. The maximum absolute atomic E-state index is 13.5. The van der Waals surface area contributed by atoms with E-state index in [1.54, 1.807) is 41.0 Å². The van der Waals surface area contributed by atoms with Gasteiger partial charge in [-0.2, -0.15) is 5.10 Å². The molecule has 0 bridgehead atoms. The Bertz CT molecular complexity index is 580. The zero-order chi connectivity index (χ0) is 13.8. The smallest absolute Gasteiger partial charge is 0.227 e. The predicted octanol–water partition coefficient (Wildman–Crippen LogP) is 1.76. The van der Waals surface area contributed by atoms with Crippen LogP contribution >= 0.6 is 0 Å². The molecule has 5 heteroatoms. The Morgan fingerprint density at radius 2 is 2.16 bits per heavy atom. The van der Waals surface area contributed by atoms with Gasteiger partial charge in [0.05, 0.1) is 12.6 Å². The Kier molecular flexibility index (Phi) is 3.94. The summed E-state index contributed by atoms with van der Waals surface area (Å²) in [6.07, 6.45) is 3.64. The number of benzene rings is 1. The molecule has 0 atom stereocenters. The van der Waals surface area contributed by atoms with Crippen LogP contribution in [0.4, 0.5) is 4.39 Å². The van der Waals surface area contributed by atoms with Gasteiger partial charge in [-0.25, -0.2) is 4.39 Å². The zero-order valence-electron chi connectivity index (χ0n) is 11.0.